The Bertz CT molecular complexity index is 1780. The third kappa shape index (κ3) is 7.34. The van der Waals surface area contributed by atoms with E-state index >= 15 is 0 Å². The van der Waals surface area contributed by atoms with Gasteiger partial charge in [-0.3, -0.25) is 9.59 Å². The SMILES string of the molecule is Cc1ccc2c(c1)c1nnc(SCCCC(=O)N3CCN(C(=O)COCc4ccccc4)C(C)C3)nc1n2Cc1ccccc1. The maximum atomic E-state index is 13.0. The van der Waals surface area contributed by atoms with Crippen LogP contribution in [0.15, 0.2) is 84.0 Å². The lowest BCUT2D eigenvalue weighted by atomic mass is 10.1. The number of hydrogen-bond donors (Lipinski definition) is 0. The van der Waals surface area contributed by atoms with Crippen molar-refractivity contribution < 1.29 is 14.3 Å². The van der Waals surface area contributed by atoms with E-state index in [9.17, 15) is 9.59 Å². The fourth-order valence-electron chi connectivity index (χ4n) is 5.86. The smallest absolute Gasteiger partial charge is 0.248 e. The first-order valence-electron chi connectivity index (χ1n) is 15.4. The maximum absolute atomic E-state index is 13.0. The highest BCUT2D eigenvalue weighted by Gasteiger charge is 2.29. The number of fused-ring (bicyclic) bond motifs is 3. The molecule has 2 aromatic heterocycles. The molecule has 1 unspecified atom stereocenters. The predicted octanol–water partition coefficient (Wildman–Crippen LogP) is 5.48. The van der Waals surface area contributed by atoms with Crippen molar-refractivity contribution in [2.75, 3.05) is 32.0 Å². The van der Waals surface area contributed by atoms with Crippen LogP contribution in [0.25, 0.3) is 22.1 Å². The average molecular weight is 623 g/mol. The summed E-state index contributed by atoms with van der Waals surface area (Å²) in [6.07, 6.45) is 1.15. The van der Waals surface area contributed by atoms with Gasteiger partial charge in [0.15, 0.2) is 5.65 Å². The first kappa shape index (κ1) is 30.7. The van der Waals surface area contributed by atoms with E-state index in [2.05, 4.69) is 52.0 Å². The van der Waals surface area contributed by atoms with Crippen LogP contribution >= 0.6 is 11.8 Å². The van der Waals surface area contributed by atoms with Gasteiger partial charge in [0.1, 0.15) is 12.1 Å². The van der Waals surface area contributed by atoms with Gasteiger partial charge in [-0.25, -0.2) is 4.98 Å². The summed E-state index contributed by atoms with van der Waals surface area (Å²) in [5.74, 6) is 0.789. The summed E-state index contributed by atoms with van der Waals surface area (Å²) in [4.78, 5) is 34.4. The van der Waals surface area contributed by atoms with Crippen LogP contribution in [0.5, 0.6) is 0 Å². The maximum Gasteiger partial charge on any atom is 0.248 e. The Morgan fingerprint density at radius 1 is 0.933 bits per heavy atom. The van der Waals surface area contributed by atoms with E-state index in [1.165, 1.54) is 22.9 Å². The number of aromatic nitrogens is 4. The van der Waals surface area contributed by atoms with Crippen LogP contribution in [0.1, 0.15) is 36.5 Å². The standard InChI is InChI=1S/C35H38N6O3S/c1-25-15-16-30-29(20-25)33-34(41(30)22-27-10-5-3-6-11-27)36-35(38-37-33)45-19-9-14-31(42)39-17-18-40(26(2)21-39)32(43)24-44-23-28-12-7-4-8-13-28/h3-8,10-13,15-16,20,26H,9,14,17-19,21-24H2,1-2H3. The number of carbonyl (C=O) groups is 2. The summed E-state index contributed by atoms with van der Waals surface area (Å²) in [6.45, 7) is 6.80. The van der Waals surface area contributed by atoms with Gasteiger partial charge < -0.3 is 19.1 Å². The van der Waals surface area contributed by atoms with E-state index in [4.69, 9.17) is 9.72 Å². The van der Waals surface area contributed by atoms with Crippen molar-refractivity contribution in [3.63, 3.8) is 0 Å². The number of hydrogen-bond acceptors (Lipinski definition) is 7. The van der Waals surface area contributed by atoms with Gasteiger partial charge >= 0.3 is 0 Å². The van der Waals surface area contributed by atoms with Gasteiger partial charge in [0.2, 0.25) is 17.0 Å². The minimum Gasteiger partial charge on any atom is -0.367 e. The van der Waals surface area contributed by atoms with Gasteiger partial charge in [-0.05, 0) is 43.5 Å². The monoisotopic (exact) mass is 622 g/mol. The second-order valence-electron chi connectivity index (χ2n) is 11.6. The molecular weight excluding hydrogens is 584 g/mol. The topological polar surface area (TPSA) is 93.5 Å². The average Bonchev–Trinajstić information content (AvgIpc) is 3.35. The fraction of sp³-hybridized carbons (Fsp3) is 0.343. The highest BCUT2D eigenvalue weighted by Crippen LogP contribution is 2.29. The number of rotatable bonds is 11. The molecule has 3 heterocycles. The van der Waals surface area contributed by atoms with Crippen LogP contribution < -0.4 is 0 Å². The van der Waals surface area contributed by atoms with Gasteiger partial charge in [0, 0.05) is 49.8 Å². The Labute approximate surface area is 267 Å². The zero-order valence-corrected chi connectivity index (χ0v) is 26.6. The van der Waals surface area contributed by atoms with Crippen molar-refractivity contribution in [2.45, 2.75) is 51.0 Å². The van der Waals surface area contributed by atoms with Crippen molar-refractivity contribution in [3.05, 3.63) is 95.6 Å². The highest BCUT2D eigenvalue weighted by molar-refractivity contribution is 7.99. The van der Waals surface area contributed by atoms with E-state index in [1.807, 2.05) is 65.3 Å². The number of amides is 2. The van der Waals surface area contributed by atoms with Crippen LogP contribution in [0.2, 0.25) is 0 Å². The summed E-state index contributed by atoms with van der Waals surface area (Å²) >= 11 is 1.53. The lowest BCUT2D eigenvalue weighted by Gasteiger charge is -2.40. The number of ether oxygens (including phenoxy) is 1. The molecule has 232 valence electrons. The van der Waals surface area contributed by atoms with E-state index in [1.54, 1.807) is 0 Å². The molecule has 5 aromatic rings. The van der Waals surface area contributed by atoms with Gasteiger partial charge in [-0.2, -0.15) is 0 Å². The second-order valence-corrected chi connectivity index (χ2v) is 12.6. The first-order chi connectivity index (χ1) is 22.0. The van der Waals surface area contributed by atoms with Crippen molar-refractivity contribution in [3.8, 4) is 0 Å². The first-order valence-corrected chi connectivity index (χ1v) is 16.4. The highest BCUT2D eigenvalue weighted by atomic mass is 32.2. The Balaban J connectivity index is 1.01. The molecular formula is C35H38N6O3S. The third-order valence-corrected chi connectivity index (χ3v) is 9.11. The Hall–Kier alpha value is -4.28. The zero-order chi connectivity index (χ0) is 31.2. The summed E-state index contributed by atoms with van der Waals surface area (Å²) in [7, 11) is 0. The van der Waals surface area contributed by atoms with Gasteiger partial charge in [0.25, 0.3) is 0 Å². The summed E-state index contributed by atoms with van der Waals surface area (Å²) in [6, 6.07) is 26.5. The van der Waals surface area contributed by atoms with Crippen LogP contribution in [0.4, 0.5) is 0 Å². The van der Waals surface area contributed by atoms with Crippen LogP contribution in [0, 0.1) is 6.92 Å². The molecule has 6 rings (SSSR count). The number of aryl methyl sites for hydroxylation is 1. The molecule has 9 nitrogen and oxygen atoms in total. The lowest BCUT2D eigenvalue weighted by molar-refractivity contribution is -0.145. The molecule has 0 bridgehead atoms. The Morgan fingerprint density at radius 3 is 2.44 bits per heavy atom. The van der Waals surface area contributed by atoms with E-state index in [-0.39, 0.29) is 24.5 Å². The van der Waals surface area contributed by atoms with Crippen molar-refractivity contribution in [1.82, 2.24) is 29.5 Å². The van der Waals surface area contributed by atoms with Crippen LogP contribution in [-0.4, -0.2) is 79.4 Å². The molecule has 2 amide bonds. The molecule has 1 fully saturated rings. The molecule has 45 heavy (non-hydrogen) atoms. The minimum absolute atomic E-state index is 0.0366. The molecule has 1 atom stereocenters. The zero-order valence-electron chi connectivity index (χ0n) is 25.8. The summed E-state index contributed by atoms with van der Waals surface area (Å²) in [5, 5.41) is 10.7. The molecule has 1 aliphatic rings. The number of thioether (sulfide) groups is 1. The Morgan fingerprint density at radius 2 is 1.69 bits per heavy atom. The number of nitrogens with zero attached hydrogens (tertiary/aromatic N) is 6. The number of carbonyl (C=O) groups excluding carboxylic acids is 2. The lowest BCUT2D eigenvalue weighted by Crippen LogP contribution is -2.56. The molecule has 10 heteroatoms. The van der Waals surface area contributed by atoms with Crippen molar-refractivity contribution in [1.29, 1.82) is 0 Å². The normalized spacial score (nSPS) is 15.2. The van der Waals surface area contributed by atoms with E-state index < -0.39 is 0 Å². The molecule has 1 saturated heterocycles. The molecule has 0 aliphatic carbocycles. The molecule has 0 spiro atoms. The molecule has 0 N–H and O–H groups in total. The minimum atomic E-state index is -0.0532. The number of piperazine rings is 1. The third-order valence-electron chi connectivity index (χ3n) is 8.19. The molecule has 0 radical (unpaired) electrons. The van der Waals surface area contributed by atoms with Gasteiger partial charge in [-0.1, -0.05) is 84.1 Å². The van der Waals surface area contributed by atoms with Crippen LogP contribution in [-0.2, 0) is 27.5 Å². The fourth-order valence-corrected chi connectivity index (χ4v) is 6.58. The summed E-state index contributed by atoms with van der Waals surface area (Å²) in [5.41, 5.74) is 6.11. The predicted molar refractivity (Wildman–Crippen MR) is 177 cm³/mol. The van der Waals surface area contributed by atoms with Crippen molar-refractivity contribution in [2.24, 2.45) is 0 Å². The molecule has 0 saturated carbocycles. The summed E-state index contributed by atoms with van der Waals surface area (Å²) < 4.78 is 7.86. The Kier molecular flexibility index (Phi) is 9.71. The number of benzene rings is 3. The largest absolute Gasteiger partial charge is 0.367 e. The van der Waals surface area contributed by atoms with E-state index in [0.29, 0.717) is 56.5 Å². The molecule has 3 aromatic carbocycles. The quantitative estimate of drug-likeness (QED) is 0.142. The van der Waals surface area contributed by atoms with Crippen molar-refractivity contribution >= 4 is 45.6 Å². The van der Waals surface area contributed by atoms with Gasteiger partial charge in [-0.15, -0.1) is 10.2 Å². The van der Waals surface area contributed by atoms with Crippen LogP contribution in [0.3, 0.4) is 0 Å². The van der Waals surface area contributed by atoms with E-state index in [0.717, 1.165) is 27.6 Å². The van der Waals surface area contributed by atoms with Gasteiger partial charge in [0.05, 0.1) is 12.1 Å². The molecule has 1 aliphatic heterocycles. The second kappa shape index (κ2) is 14.2.